The number of hydrogen-bond acceptors (Lipinski definition) is 7. The molecule has 2 aliphatic rings. The van der Waals surface area contributed by atoms with E-state index < -0.39 is 0 Å². The second kappa shape index (κ2) is 11.3. The molecule has 9 nitrogen and oxygen atoms in total. The van der Waals surface area contributed by atoms with Gasteiger partial charge >= 0.3 is 0 Å². The Morgan fingerprint density at radius 3 is 2.76 bits per heavy atom. The fourth-order valence-corrected chi connectivity index (χ4v) is 6.32. The summed E-state index contributed by atoms with van der Waals surface area (Å²) < 4.78 is 1.84. The number of rotatable bonds is 6. The first-order valence-electron chi connectivity index (χ1n) is 12.4. The van der Waals surface area contributed by atoms with Gasteiger partial charge in [0.1, 0.15) is 11.3 Å². The van der Waals surface area contributed by atoms with E-state index in [0.29, 0.717) is 28.1 Å². The first kappa shape index (κ1) is 27.9. The molecule has 3 aromatic rings. The maximum absolute atomic E-state index is 12.5. The first-order chi connectivity index (χ1) is 17.3. The highest BCUT2D eigenvalue weighted by molar-refractivity contribution is 6.35. The molecule has 5 rings (SSSR count). The van der Waals surface area contributed by atoms with E-state index >= 15 is 0 Å². The molecule has 4 heterocycles. The number of nitrogens with zero attached hydrogens (tertiary/aromatic N) is 6. The maximum Gasteiger partial charge on any atom is 0.223 e. The van der Waals surface area contributed by atoms with Gasteiger partial charge in [0.15, 0.2) is 5.65 Å². The largest absolute Gasteiger partial charge is 0.395 e. The van der Waals surface area contributed by atoms with Crippen LogP contribution in [0.3, 0.4) is 0 Å². The summed E-state index contributed by atoms with van der Waals surface area (Å²) >= 11 is 12.6. The van der Waals surface area contributed by atoms with Crippen LogP contribution in [0, 0.1) is 12.8 Å². The molecule has 200 valence electrons. The molecule has 0 spiro atoms. The van der Waals surface area contributed by atoms with Crippen LogP contribution in [0.2, 0.25) is 10.0 Å². The summed E-state index contributed by atoms with van der Waals surface area (Å²) in [4.78, 5) is 26.5. The number of hydrogen-bond donors (Lipinski definition) is 2. The predicted molar refractivity (Wildman–Crippen MR) is 148 cm³/mol. The van der Waals surface area contributed by atoms with Gasteiger partial charge in [-0.25, -0.2) is 14.6 Å². The van der Waals surface area contributed by atoms with E-state index in [1.54, 1.807) is 12.3 Å². The number of carbonyl (C=O) groups is 1. The number of primary amides is 1. The molecule has 2 fully saturated rings. The fraction of sp³-hybridized carbons (Fsp3) is 0.520. The van der Waals surface area contributed by atoms with Crippen molar-refractivity contribution in [1.82, 2.24) is 24.6 Å². The van der Waals surface area contributed by atoms with Gasteiger partial charge in [-0.3, -0.25) is 9.69 Å². The van der Waals surface area contributed by atoms with Gasteiger partial charge in [-0.2, -0.15) is 5.10 Å². The molecule has 2 aromatic heterocycles. The summed E-state index contributed by atoms with van der Waals surface area (Å²) in [6, 6.07) is 5.36. The Bertz CT molecular complexity index is 1290. The van der Waals surface area contributed by atoms with Crippen LogP contribution in [0.5, 0.6) is 0 Å². The second-order valence-electron chi connectivity index (χ2n) is 9.80. The van der Waals surface area contributed by atoms with Gasteiger partial charge in [-0.05, 0) is 57.4 Å². The van der Waals surface area contributed by atoms with Crippen LogP contribution >= 0.6 is 35.6 Å². The highest BCUT2D eigenvalue weighted by Gasteiger charge is 2.41. The van der Waals surface area contributed by atoms with Gasteiger partial charge in [0, 0.05) is 35.2 Å². The highest BCUT2D eigenvalue weighted by atomic mass is 35.5. The van der Waals surface area contributed by atoms with Gasteiger partial charge in [0.05, 0.1) is 30.5 Å². The van der Waals surface area contributed by atoms with E-state index in [-0.39, 0.29) is 49.0 Å². The van der Waals surface area contributed by atoms with Crippen molar-refractivity contribution < 1.29 is 9.90 Å². The first-order valence-corrected chi connectivity index (χ1v) is 13.1. The number of piperidine rings is 1. The van der Waals surface area contributed by atoms with Gasteiger partial charge in [0.2, 0.25) is 5.91 Å². The molecule has 12 heteroatoms. The van der Waals surface area contributed by atoms with Crippen molar-refractivity contribution in [2.75, 3.05) is 31.1 Å². The third-order valence-electron chi connectivity index (χ3n) is 7.66. The van der Waals surface area contributed by atoms with Crippen molar-refractivity contribution in [3.05, 3.63) is 45.7 Å². The lowest BCUT2D eigenvalue weighted by Gasteiger charge is -2.43. The van der Waals surface area contributed by atoms with Crippen LogP contribution in [0.15, 0.2) is 24.4 Å². The van der Waals surface area contributed by atoms with Gasteiger partial charge in [-0.15, -0.1) is 12.4 Å². The number of aryl methyl sites for hydroxylation is 1. The standard InChI is InChI=1S/C25H31Cl2N7O2.ClH/c1-14-23-25(34(31-14)15(2)18-6-5-16(26)10-20(18)27)30-22(11-29-23)32-9-7-21(19(12-32)24(28)36)33-8-3-4-17(33)13-35;/h5-6,10-11,15,17,19,21,35H,3-4,7-9,12-13H2,1-2H3,(H2,28,36);1H/t15-,17+,19-,21+;/m1./s1. The van der Waals surface area contributed by atoms with Crippen molar-refractivity contribution in [3.8, 4) is 0 Å². The van der Waals surface area contributed by atoms with E-state index in [2.05, 4.69) is 14.8 Å². The Kier molecular flexibility index (Phi) is 8.50. The van der Waals surface area contributed by atoms with Crippen LogP contribution in [-0.4, -0.2) is 74.0 Å². The Hall–Kier alpha value is -2.17. The molecule has 0 saturated carbocycles. The van der Waals surface area contributed by atoms with Gasteiger partial charge in [0.25, 0.3) is 0 Å². The molecule has 0 radical (unpaired) electrons. The normalized spacial score (nSPS) is 23.3. The Balaban J connectivity index is 0.00000320. The monoisotopic (exact) mass is 567 g/mol. The third-order valence-corrected chi connectivity index (χ3v) is 8.23. The molecule has 1 aromatic carbocycles. The number of aliphatic hydroxyl groups excluding tert-OH is 1. The highest BCUT2D eigenvalue weighted by Crippen LogP contribution is 2.33. The molecule has 2 saturated heterocycles. The Morgan fingerprint density at radius 2 is 2.05 bits per heavy atom. The van der Waals surface area contributed by atoms with Crippen molar-refractivity contribution in [3.63, 3.8) is 0 Å². The molecule has 0 aliphatic carbocycles. The maximum atomic E-state index is 12.5. The van der Waals surface area contributed by atoms with Crippen molar-refractivity contribution in [2.45, 2.75) is 51.2 Å². The molecule has 1 amide bonds. The van der Waals surface area contributed by atoms with Crippen LogP contribution in [-0.2, 0) is 4.79 Å². The van der Waals surface area contributed by atoms with E-state index in [0.717, 1.165) is 49.1 Å². The van der Waals surface area contributed by atoms with Crippen LogP contribution in [0.4, 0.5) is 5.82 Å². The third kappa shape index (κ3) is 5.25. The summed E-state index contributed by atoms with van der Waals surface area (Å²) in [5.74, 6) is -0.000981. The summed E-state index contributed by atoms with van der Waals surface area (Å²) in [5, 5.41) is 15.7. The number of aromatic nitrogens is 4. The van der Waals surface area contributed by atoms with E-state index in [9.17, 15) is 9.90 Å². The predicted octanol–water partition coefficient (Wildman–Crippen LogP) is 3.61. The minimum Gasteiger partial charge on any atom is -0.395 e. The number of fused-ring (bicyclic) bond motifs is 1. The molecular formula is C25H32Cl3N7O2. The molecule has 0 bridgehead atoms. The number of aliphatic hydroxyl groups is 1. The summed E-state index contributed by atoms with van der Waals surface area (Å²) in [6.45, 7) is 6.08. The molecule has 0 unspecified atom stereocenters. The lowest BCUT2D eigenvalue weighted by Crippen LogP contribution is -2.57. The van der Waals surface area contributed by atoms with Crippen molar-refractivity contribution >= 4 is 58.5 Å². The van der Waals surface area contributed by atoms with Crippen molar-refractivity contribution in [1.29, 1.82) is 0 Å². The summed E-state index contributed by atoms with van der Waals surface area (Å²) in [5.41, 5.74) is 8.91. The van der Waals surface area contributed by atoms with Crippen LogP contribution in [0.1, 0.15) is 43.5 Å². The zero-order valence-corrected chi connectivity index (χ0v) is 23.2. The summed E-state index contributed by atoms with van der Waals surface area (Å²) in [7, 11) is 0. The van der Waals surface area contributed by atoms with Gasteiger partial charge < -0.3 is 15.7 Å². The number of carbonyl (C=O) groups excluding carboxylic acids is 1. The Labute approximate surface area is 232 Å². The molecule has 2 aliphatic heterocycles. The fourth-order valence-electron chi connectivity index (χ4n) is 5.75. The van der Waals surface area contributed by atoms with E-state index in [4.69, 9.17) is 39.0 Å². The Morgan fingerprint density at radius 1 is 1.27 bits per heavy atom. The van der Waals surface area contributed by atoms with E-state index in [1.807, 2.05) is 30.7 Å². The number of halogens is 3. The van der Waals surface area contributed by atoms with Crippen LogP contribution < -0.4 is 10.6 Å². The average Bonchev–Trinajstić information content (AvgIpc) is 3.47. The molecule has 4 atom stereocenters. The SMILES string of the molecule is Cc1nn([C@H](C)c2ccc(Cl)cc2Cl)c2nc(N3CC[C@H](N4CCC[C@H]4CO)[C@H](C(N)=O)C3)cnc12.Cl. The topological polar surface area (TPSA) is 113 Å². The minimum atomic E-state index is -0.359. The van der Waals surface area contributed by atoms with E-state index in [1.165, 1.54) is 0 Å². The summed E-state index contributed by atoms with van der Waals surface area (Å²) in [6.07, 6.45) is 4.48. The van der Waals surface area contributed by atoms with Gasteiger partial charge in [-0.1, -0.05) is 29.3 Å². The molecule has 37 heavy (non-hydrogen) atoms. The number of benzene rings is 1. The number of likely N-dealkylation sites (tertiary alicyclic amines) is 1. The number of nitrogens with two attached hydrogens (primary N) is 1. The lowest BCUT2D eigenvalue weighted by atomic mass is 9.89. The molecule has 3 N–H and O–H groups in total. The zero-order valence-electron chi connectivity index (χ0n) is 20.8. The smallest absolute Gasteiger partial charge is 0.223 e. The quantitative estimate of drug-likeness (QED) is 0.467. The zero-order chi connectivity index (χ0) is 25.6. The number of anilines is 1. The van der Waals surface area contributed by atoms with Crippen LogP contribution in [0.25, 0.3) is 11.2 Å². The lowest BCUT2D eigenvalue weighted by molar-refractivity contribution is -0.124. The number of amides is 1. The van der Waals surface area contributed by atoms with Crippen molar-refractivity contribution in [2.24, 2.45) is 11.7 Å². The second-order valence-corrected chi connectivity index (χ2v) is 10.6. The average molecular weight is 569 g/mol. The minimum absolute atomic E-state index is 0. The molecular weight excluding hydrogens is 537 g/mol.